The Hall–Kier alpha value is -4.40. The molecule has 0 radical (unpaired) electrons. The first-order valence-electron chi connectivity index (χ1n) is 20.5. The van der Waals surface area contributed by atoms with Gasteiger partial charge in [-0.3, -0.25) is 0 Å². The van der Waals surface area contributed by atoms with E-state index in [1.165, 1.54) is 43.4 Å². The zero-order valence-corrected chi connectivity index (χ0v) is 35.1. The van der Waals surface area contributed by atoms with E-state index in [-0.39, 0.29) is 5.82 Å². The van der Waals surface area contributed by atoms with E-state index in [1.807, 2.05) is 12.1 Å². The maximum absolute atomic E-state index is 14.2. The van der Waals surface area contributed by atoms with Crippen LogP contribution in [0.15, 0.2) is 121 Å². The van der Waals surface area contributed by atoms with Gasteiger partial charge in [-0.1, -0.05) is 62.6 Å². The van der Waals surface area contributed by atoms with E-state index in [0.29, 0.717) is 0 Å². The third-order valence-electron chi connectivity index (χ3n) is 12.3. The molecular formula is C48H57B2FN2O4. The average molecular weight is 767 g/mol. The summed E-state index contributed by atoms with van der Waals surface area (Å²) in [7, 11) is -0.910. The Morgan fingerprint density at radius 2 is 0.719 bits per heavy atom. The number of rotatable bonds is 13. The van der Waals surface area contributed by atoms with Crippen molar-refractivity contribution in [2.45, 2.75) is 117 Å². The predicted octanol–water partition coefficient (Wildman–Crippen LogP) is 11.5. The van der Waals surface area contributed by atoms with Crippen molar-refractivity contribution >= 4 is 59.3 Å². The van der Waals surface area contributed by atoms with Crippen molar-refractivity contribution in [1.29, 1.82) is 0 Å². The number of halogens is 1. The van der Waals surface area contributed by atoms with E-state index in [2.05, 4.69) is 169 Å². The SMILES string of the molecule is CCCCCCc1ccc(N(c2ccc(F)cc2)c2ccc(N(c3ccc(B4OC(C)(C)C(C)(C)O4)cc3)c3ccc(B4OC(C)(C)C(C)(C)O4)cc3)cc2)cc1. The summed E-state index contributed by atoms with van der Waals surface area (Å²) in [5.41, 5.74) is 7.34. The fraction of sp³-hybridized carbons (Fsp3) is 0.375. The fourth-order valence-electron chi connectivity index (χ4n) is 7.32. The van der Waals surface area contributed by atoms with Crippen LogP contribution in [-0.2, 0) is 25.0 Å². The maximum Gasteiger partial charge on any atom is 0.494 e. The van der Waals surface area contributed by atoms with E-state index in [4.69, 9.17) is 18.6 Å². The van der Waals surface area contributed by atoms with Crippen LogP contribution in [0.4, 0.5) is 38.5 Å². The van der Waals surface area contributed by atoms with E-state index < -0.39 is 36.6 Å². The molecule has 5 aromatic rings. The molecule has 57 heavy (non-hydrogen) atoms. The second kappa shape index (κ2) is 16.1. The van der Waals surface area contributed by atoms with Crippen molar-refractivity contribution in [3.05, 3.63) is 133 Å². The topological polar surface area (TPSA) is 43.4 Å². The van der Waals surface area contributed by atoms with Gasteiger partial charge in [0.15, 0.2) is 0 Å². The molecule has 2 aliphatic rings. The van der Waals surface area contributed by atoms with Gasteiger partial charge in [-0.05, 0) is 170 Å². The Balaban J connectivity index is 1.22. The molecule has 0 saturated carbocycles. The molecule has 2 aliphatic heterocycles. The molecule has 0 aromatic heterocycles. The highest BCUT2D eigenvalue weighted by molar-refractivity contribution is 6.62. The summed E-state index contributed by atoms with van der Waals surface area (Å²) in [6.07, 6.45) is 6.00. The van der Waals surface area contributed by atoms with Crippen molar-refractivity contribution in [3.63, 3.8) is 0 Å². The third kappa shape index (κ3) is 8.59. The Morgan fingerprint density at radius 3 is 1.05 bits per heavy atom. The molecule has 2 fully saturated rings. The van der Waals surface area contributed by atoms with Gasteiger partial charge in [-0.2, -0.15) is 0 Å². The first-order valence-corrected chi connectivity index (χ1v) is 20.5. The van der Waals surface area contributed by atoms with Gasteiger partial charge in [0.25, 0.3) is 0 Å². The number of benzene rings is 5. The smallest absolute Gasteiger partial charge is 0.399 e. The minimum absolute atomic E-state index is 0.263. The van der Waals surface area contributed by atoms with Crippen molar-refractivity contribution in [1.82, 2.24) is 0 Å². The average Bonchev–Trinajstić information content (AvgIpc) is 3.55. The van der Waals surface area contributed by atoms with Gasteiger partial charge < -0.3 is 28.4 Å². The van der Waals surface area contributed by atoms with E-state index in [9.17, 15) is 4.39 Å². The highest BCUT2D eigenvalue weighted by Gasteiger charge is 2.52. The maximum atomic E-state index is 14.2. The Bertz CT molecular complexity index is 1990. The van der Waals surface area contributed by atoms with Crippen LogP contribution in [0.1, 0.15) is 93.6 Å². The first-order chi connectivity index (χ1) is 27.1. The van der Waals surface area contributed by atoms with Crippen LogP contribution in [0.2, 0.25) is 0 Å². The number of anilines is 6. The summed E-state index contributed by atoms with van der Waals surface area (Å²) >= 11 is 0. The number of aryl methyl sites for hydroxylation is 1. The second-order valence-electron chi connectivity index (χ2n) is 17.5. The van der Waals surface area contributed by atoms with Gasteiger partial charge in [-0.15, -0.1) is 0 Å². The Kier molecular flexibility index (Phi) is 11.5. The zero-order valence-electron chi connectivity index (χ0n) is 35.1. The Labute approximate surface area is 340 Å². The summed E-state index contributed by atoms with van der Waals surface area (Å²) < 4.78 is 39.6. The fourth-order valence-corrected chi connectivity index (χ4v) is 7.32. The molecule has 6 nitrogen and oxygen atoms in total. The highest BCUT2D eigenvalue weighted by Crippen LogP contribution is 2.41. The van der Waals surface area contributed by atoms with Gasteiger partial charge in [-0.25, -0.2) is 4.39 Å². The minimum atomic E-state index is -0.455. The zero-order chi connectivity index (χ0) is 40.6. The number of hydrogen-bond acceptors (Lipinski definition) is 6. The molecule has 0 bridgehead atoms. The van der Waals surface area contributed by atoms with E-state index in [1.54, 1.807) is 0 Å². The molecule has 296 valence electrons. The molecule has 5 aromatic carbocycles. The lowest BCUT2D eigenvalue weighted by Gasteiger charge is -2.32. The van der Waals surface area contributed by atoms with Crippen molar-refractivity contribution in [3.8, 4) is 0 Å². The van der Waals surface area contributed by atoms with Crippen molar-refractivity contribution in [2.24, 2.45) is 0 Å². The molecule has 7 rings (SSSR count). The van der Waals surface area contributed by atoms with Crippen LogP contribution in [-0.4, -0.2) is 36.6 Å². The molecule has 0 amide bonds. The third-order valence-corrected chi connectivity index (χ3v) is 12.3. The first kappa shape index (κ1) is 40.8. The second-order valence-corrected chi connectivity index (χ2v) is 17.5. The molecular weight excluding hydrogens is 709 g/mol. The highest BCUT2D eigenvalue weighted by atomic mass is 19.1. The van der Waals surface area contributed by atoms with E-state index in [0.717, 1.165) is 51.5 Å². The molecule has 0 unspecified atom stereocenters. The normalized spacial score (nSPS) is 17.9. The standard InChI is InChI=1S/C48H57B2FN2O4/c1-10-11-12-13-14-35-15-23-39(24-16-35)52(42-29-21-38(51)22-30-42)43-31-33-44(34-32-43)53(40-25-17-36(18-26-40)49-54-45(2,3)46(4,5)55-49)41-27-19-37(20-28-41)50-56-47(6,7)48(8,9)57-50/h15-34H,10-14H2,1-9H3. The van der Waals surface area contributed by atoms with Crippen LogP contribution in [0.5, 0.6) is 0 Å². The number of unbranched alkanes of at least 4 members (excludes halogenated alkanes) is 3. The quantitative estimate of drug-likeness (QED) is 0.0878. The lowest BCUT2D eigenvalue weighted by Crippen LogP contribution is -2.41. The Morgan fingerprint density at radius 1 is 0.421 bits per heavy atom. The van der Waals surface area contributed by atoms with Gasteiger partial charge in [0, 0.05) is 34.1 Å². The molecule has 2 heterocycles. The van der Waals surface area contributed by atoms with Crippen LogP contribution < -0.4 is 20.7 Å². The van der Waals surface area contributed by atoms with Gasteiger partial charge in [0.05, 0.1) is 22.4 Å². The van der Waals surface area contributed by atoms with Crippen LogP contribution >= 0.6 is 0 Å². The van der Waals surface area contributed by atoms with Gasteiger partial charge in [0.1, 0.15) is 5.82 Å². The number of hydrogen-bond donors (Lipinski definition) is 0. The predicted molar refractivity (Wildman–Crippen MR) is 235 cm³/mol. The molecule has 0 N–H and O–H groups in total. The van der Waals surface area contributed by atoms with Crippen molar-refractivity contribution < 1.29 is 23.0 Å². The van der Waals surface area contributed by atoms with Crippen LogP contribution in [0, 0.1) is 5.82 Å². The summed E-state index contributed by atoms with van der Waals surface area (Å²) in [4.78, 5) is 4.41. The lowest BCUT2D eigenvalue weighted by atomic mass is 9.79. The number of nitrogens with zero attached hydrogens (tertiary/aromatic N) is 2. The summed E-state index contributed by atoms with van der Waals surface area (Å²) in [6, 6.07) is 40.8. The van der Waals surface area contributed by atoms with E-state index >= 15 is 0 Å². The molecule has 0 atom stereocenters. The largest absolute Gasteiger partial charge is 0.494 e. The molecule has 0 spiro atoms. The van der Waals surface area contributed by atoms with Crippen LogP contribution in [0.3, 0.4) is 0 Å². The van der Waals surface area contributed by atoms with Crippen molar-refractivity contribution in [2.75, 3.05) is 9.80 Å². The van der Waals surface area contributed by atoms with Crippen LogP contribution in [0.25, 0.3) is 0 Å². The van der Waals surface area contributed by atoms with Gasteiger partial charge in [0.2, 0.25) is 0 Å². The monoisotopic (exact) mass is 766 g/mol. The minimum Gasteiger partial charge on any atom is -0.399 e. The lowest BCUT2D eigenvalue weighted by molar-refractivity contribution is 0.00578. The van der Waals surface area contributed by atoms with Gasteiger partial charge >= 0.3 is 14.2 Å². The molecule has 9 heteroatoms. The summed E-state index contributed by atoms with van der Waals surface area (Å²) in [5.74, 6) is -0.263. The molecule has 2 saturated heterocycles. The summed E-state index contributed by atoms with van der Waals surface area (Å²) in [5, 5.41) is 0. The summed E-state index contributed by atoms with van der Waals surface area (Å²) in [6.45, 7) is 18.8. The molecule has 0 aliphatic carbocycles.